The van der Waals surface area contributed by atoms with Crippen molar-refractivity contribution in [2.24, 2.45) is 0 Å². The first kappa shape index (κ1) is 17.4. The van der Waals surface area contributed by atoms with Gasteiger partial charge in [-0.15, -0.1) is 0 Å². The first-order valence-electron chi connectivity index (χ1n) is 7.61. The molecule has 0 aliphatic carbocycles. The molecule has 2 aromatic carbocycles. The Labute approximate surface area is 140 Å². The van der Waals surface area contributed by atoms with Crippen LogP contribution in [-0.2, 0) is 17.8 Å². The average Bonchev–Trinajstić information content (AvgIpc) is 2.55. The van der Waals surface area contributed by atoms with E-state index < -0.39 is 0 Å². The monoisotopic (exact) mass is 334 g/mol. The fourth-order valence-corrected chi connectivity index (χ4v) is 2.38. The van der Waals surface area contributed by atoms with E-state index in [1.54, 1.807) is 18.2 Å². The lowest BCUT2D eigenvalue weighted by molar-refractivity contribution is -0.121. The predicted molar refractivity (Wildman–Crippen MR) is 90.9 cm³/mol. The predicted octanol–water partition coefficient (Wildman–Crippen LogP) is 3.32. The van der Waals surface area contributed by atoms with Crippen LogP contribution in [0.25, 0.3) is 0 Å². The van der Waals surface area contributed by atoms with Crippen molar-refractivity contribution in [3.8, 4) is 0 Å². The van der Waals surface area contributed by atoms with E-state index in [0.717, 1.165) is 5.56 Å². The van der Waals surface area contributed by atoms with E-state index in [9.17, 15) is 9.18 Å². The van der Waals surface area contributed by atoms with Crippen molar-refractivity contribution in [1.82, 2.24) is 10.6 Å². The summed E-state index contributed by atoms with van der Waals surface area (Å²) < 4.78 is 13.4. The van der Waals surface area contributed by atoms with E-state index in [0.29, 0.717) is 43.1 Å². The molecule has 0 aliphatic heterocycles. The van der Waals surface area contributed by atoms with Crippen LogP contribution in [0.5, 0.6) is 0 Å². The summed E-state index contributed by atoms with van der Waals surface area (Å²) in [4.78, 5) is 11.8. The minimum atomic E-state index is -0.188. The van der Waals surface area contributed by atoms with Gasteiger partial charge in [0.2, 0.25) is 5.91 Å². The lowest BCUT2D eigenvalue weighted by Gasteiger charge is -2.08. The summed E-state index contributed by atoms with van der Waals surface area (Å²) >= 11 is 6.03. The molecule has 1 amide bonds. The minimum absolute atomic E-state index is 0.0386. The van der Waals surface area contributed by atoms with Gasteiger partial charge in [0.1, 0.15) is 5.82 Å². The third kappa shape index (κ3) is 6.00. The molecule has 23 heavy (non-hydrogen) atoms. The normalized spacial score (nSPS) is 10.5. The van der Waals surface area contributed by atoms with E-state index in [-0.39, 0.29) is 11.7 Å². The van der Waals surface area contributed by atoms with Gasteiger partial charge in [0.25, 0.3) is 0 Å². The van der Waals surface area contributed by atoms with Crippen LogP contribution in [0, 0.1) is 5.82 Å². The molecule has 0 unspecified atom stereocenters. The zero-order valence-electron chi connectivity index (χ0n) is 12.8. The molecule has 0 heterocycles. The fraction of sp³-hybridized carbons (Fsp3) is 0.278. The van der Waals surface area contributed by atoms with Gasteiger partial charge in [-0.05, 0) is 36.2 Å². The minimum Gasteiger partial charge on any atom is -0.352 e. The molecular weight excluding hydrogens is 315 g/mol. The molecule has 0 saturated carbocycles. The van der Waals surface area contributed by atoms with Gasteiger partial charge in [-0.2, -0.15) is 0 Å². The van der Waals surface area contributed by atoms with Crippen LogP contribution in [0.1, 0.15) is 17.5 Å². The highest BCUT2D eigenvalue weighted by Gasteiger charge is 2.04. The van der Waals surface area contributed by atoms with Crippen molar-refractivity contribution in [2.75, 3.05) is 13.1 Å². The number of hydrogen-bond acceptors (Lipinski definition) is 2. The summed E-state index contributed by atoms with van der Waals surface area (Å²) in [5, 5.41) is 6.63. The van der Waals surface area contributed by atoms with E-state index in [1.165, 1.54) is 6.07 Å². The standard InChI is InChI=1S/C18H20ClFN2O/c19-16-7-3-1-6-15(16)13-22-18(23)10-12-21-11-9-14-5-2-4-8-17(14)20/h1-8,21H,9-13H2,(H,22,23). The largest absolute Gasteiger partial charge is 0.352 e. The van der Waals surface area contributed by atoms with Gasteiger partial charge in [0.05, 0.1) is 0 Å². The highest BCUT2D eigenvalue weighted by molar-refractivity contribution is 6.31. The molecule has 0 saturated heterocycles. The average molecular weight is 335 g/mol. The number of hydrogen-bond donors (Lipinski definition) is 2. The third-order valence-electron chi connectivity index (χ3n) is 3.49. The van der Waals surface area contributed by atoms with Crippen LogP contribution in [0.15, 0.2) is 48.5 Å². The second kappa shape index (κ2) is 9.28. The number of benzene rings is 2. The van der Waals surface area contributed by atoms with Gasteiger partial charge in [-0.25, -0.2) is 4.39 Å². The van der Waals surface area contributed by atoms with Gasteiger partial charge in [-0.1, -0.05) is 48.0 Å². The molecule has 0 bridgehead atoms. The van der Waals surface area contributed by atoms with Crippen LogP contribution in [0.3, 0.4) is 0 Å². The van der Waals surface area contributed by atoms with Crippen molar-refractivity contribution in [2.45, 2.75) is 19.4 Å². The van der Waals surface area contributed by atoms with Gasteiger partial charge in [0.15, 0.2) is 0 Å². The Morgan fingerprint density at radius 1 is 1.00 bits per heavy atom. The lowest BCUT2D eigenvalue weighted by atomic mass is 10.1. The SMILES string of the molecule is O=C(CCNCCc1ccccc1F)NCc1ccccc1Cl. The zero-order valence-corrected chi connectivity index (χ0v) is 13.6. The fourth-order valence-electron chi connectivity index (χ4n) is 2.18. The van der Waals surface area contributed by atoms with E-state index in [4.69, 9.17) is 11.6 Å². The highest BCUT2D eigenvalue weighted by Crippen LogP contribution is 2.14. The maximum Gasteiger partial charge on any atom is 0.221 e. The van der Waals surface area contributed by atoms with Crippen molar-refractivity contribution < 1.29 is 9.18 Å². The lowest BCUT2D eigenvalue weighted by Crippen LogP contribution is -2.28. The van der Waals surface area contributed by atoms with Gasteiger partial charge < -0.3 is 10.6 Å². The molecule has 2 rings (SSSR count). The van der Waals surface area contributed by atoms with Crippen molar-refractivity contribution in [3.63, 3.8) is 0 Å². The molecule has 0 atom stereocenters. The maximum atomic E-state index is 13.4. The number of carbonyl (C=O) groups is 1. The second-order valence-corrected chi connectivity index (χ2v) is 5.62. The van der Waals surface area contributed by atoms with Crippen LogP contribution >= 0.6 is 11.6 Å². The third-order valence-corrected chi connectivity index (χ3v) is 3.86. The van der Waals surface area contributed by atoms with Crippen molar-refractivity contribution in [3.05, 3.63) is 70.5 Å². The van der Waals surface area contributed by atoms with Gasteiger partial charge in [-0.3, -0.25) is 4.79 Å². The molecule has 122 valence electrons. The maximum absolute atomic E-state index is 13.4. The zero-order chi connectivity index (χ0) is 16.5. The Kier molecular flexibility index (Phi) is 7.04. The summed E-state index contributed by atoms with van der Waals surface area (Å²) in [5.74, 6) is -0.227. The Morgan fingerprint density at radius 2 is 1.70 bits per heavy atom. The Hall–Kier alpha value is -1.91. The van der Waals surface area contributed by atoms with Gasteiger partial charge >= 0.3 is 0 Å². The van der Waals surface area contributed by atoms with E-state index in [2.05, 4.69) is 10.6 Å². The summed E-state index contributed by atoms with van der Waals surface area (Å²) in [6.45, 7) is 1.62. The molecule has 0 fully saturated rings. The number of amides is 1. The topological polar surface area (TPSA) is 41.1 Å². The van der Waals surface area contributed by atoms with E-state index >= 15 is 0 Å². The van der Waals surface area contributed by atoms with Crippen LogP contribution in [-0.4, -0.2) is 19.0 Å². The molecule has 3 nitrogen and oxygen atoms in total. The summed E-state index contributed by atoms with van der Waals surface area (Å²) in [7, 11) is 0. The smallest absolute Gasteiger partial charge is 0.221 e. The summed E-state index contributed by atoms with van der Waals surface area (Å²) in [5.41, 5.74) is 1.58. The number of halogens is 2. The Morgan fingerprint density at radius 3 is 2.43 bits per heavy atom. The Balaban J connectivity index is 1.60. The second-order valence-electron chi connectivity index (χ2n) is 5.21. The van der Waals surface area contributed by atoms with Gasteiger partial charge in [0, 0.05) is 24.5 Å². The van der Waals surface area contributed by atoms with Crippen LogP contribution in [0.2, 0.25) is 5.02 Å². The quantitative estimate of drug-likeness (QED) is 0.727. The number of carbonyl (C=O) groups excluding carboxylic acids is 1. The molecule has 2 N–H and O–H groups in total. The molecule has 5 heteroatoms. The number of nitrogens with one attached hydrogen (secondary N) is 2. The first-order chi connectivity index (χ1) is 11.2. The van der Waals surface area contributed by atoms with Crippen LogP contribution in [0.4, 0.5) is 4.39 Å². The molecule has 0 aliphatic rings. The van der Waals surface area contributed by atoms with Crippen molar-refractivity contribution in [1.29, 1.82) is 0 Å². The molecule has 0 radical (unpaired) electrons. The molecule has 0 aromatic heterocycles. The molecule has 2 aromatic rings. The first-order valence-corrected chi connectivity index (χ1v) is 7.99. The summed E-state index contributed by atoms with van der Waals surface area (Å²) in [6, 6.07) is 14.1. The highest BCUT2D eigenvalue weighted by atomic mass is 35.5. The van der Waals surface area contributed by atoms with Crippen LogP contribution < -0.4 is 10.6 Å². The number of rotatable bonds is 8. The van der Waals surface area contributed by atoms with Crippen molar-refractivity contribution >= 4 is 17.5 Å². The molecule has 0 spiro atoms. The Bertz CT molecular complexity index is 648. The molecular formula is C18H20ClFN2O. The van der Waals surface area contributed by atoms with E-state index in [1.807, 2.05) is 24.3 Å². The summed E-state index contributed by atoms with van der Waals surface area (Å²) in [6.07, 6.45) is 0.982.